The number of ether oxygens (including phenoxy) is 4. The number of carbonyl (C=O) groups is 1. The summed E-state index contributed by atoms with van der Waals surface area (Å²) in [5.74, 6) is -1.31. The van der Waals surface area contributed by atoms with Crippen LogP contribution < -0.4 is 10.4 Å². The highest BCUT2D eigenvalue weighted by molar-refractivity contribution is 6.99. The van der Waals surface area contributed by atoms with E-state index in [1.165, 1.54) is 10.4 Å². The maximum atomic E-state index is 16.2. The van der Waals surface area contributed by atoms with Crippen LogP contribution in [0, 0.1) is 10.8 Å². The van der Waals surface area contributed by atoms with Crippen molar-refractivity contribution in [1.82, 2.24) is 0 Å². The van der Waals surface area contributed by atoms with Crippen molar-refractivity contribution < 1.29 is 36.9 Å². The molecule has 0 amide bonds. The maximum Gasteiger partial charge on any atom is 0.261 e. The molecule has 4 fully saturated rings. The Balaban J connectivity index is 0.000000238. The summed E-state index contributed by atoms with van der Waals surface area (Å²) in [5.41, 5.74) is -4.41. The standard InChI is InChI=1S/C26H35FO3Si.C10H15FO3/c1-23(2,3)31(20-13-9-7-10-14-20,21-15-11-8-12-16-21)29-19-26(27)18-25(26,6)22-17-28-24(4,5)30-22;1-8(2)13-4-7(14-8)9(3)5-10(9,11)6-12/h7-16,22H,17-19H2,1-6H3;6-7H,4-5H2,1-3H3/t22-,25+,26+;7-,9+,10+/m11/s1. The molecule has 45 heavy (non-hydrogen) atoms. The van der Waals surface area contributed by atoms with Crippen LogP contribution in [-0.2, 0) is 28.2 Å². The molecule has 9 heteroatoms. The van der Waals surface area contributed by atoms with E-state index in [9.17, 15) is 9.18 Å². The Hall–Kier alpha value is -2.01. The Labute approximate surface area is 268 Å². The largest absolute Gasteiger partial charge is 0.404 e. The van der Waals surface area contributed by atoms with Gasteiger partial charge in [-0.2, -0.15) is 0 Å². The SMILES string of the molecule is CC1(C)OC[C@H]([C@]2(C)C[C@]2(F)C=O)O1.CC1(C)OC[C@H]([C@]2(C)C[C@]2(F)CO[Si](c2ccccc2)(c2ccccc2)C(C)(C)C)O1. The third-order valence-corrected chi connectivity index (χ3v) is 15.5. The van der Waals surface area contributed by atoms with Gasteiger partial charge in [-0.15, -0.1) is 0 Å². The third-order valence-electron chi connectivity index (χ3n) is 10.6. The van der Waals surface area contributed by atoms with Gasteiger partial charge >= 0.3 is 0 Å². The lowest BCUT2D eigenvalue weighted by Gasteiger charge is -2.43. The van der Waals surface area contributed by atoms with Gasteiger partial charge in [0.1, 0.15) is 5.67 Å². The first-order valence-electron chi connectivity index (χ1n) is 16.0. The number of halogens is 2. The van der Waals surface area contributed by atoms with Crippen molar-refractivity contribution in [3.63, 3.8) is 0 Å². The van der Waals surface area contributed by atoms with E-state index < -0.39 is 42.1 Å². The molecular formula is C36H50F2O6Si. The second kappa shape index (κ2) is 11.3. The van der Waals surface area contributed by atoms with Gasteiger partial charge in [0, 0.05) is 17.3 Å². The van der Waals surface area contributed by atoms with E-state index >= 15 is 4.39 Å². The molecule has 4 aliphatic rings. The summed E-state index contributed by atoms with van der Waals surface area (Å²) in [5, 5.41) is 2.16. The van der Waals surface area contributed by atoms with Crippen LogP contribution in [0.2, 0.25) is 5.04 Å². The van der Waals surface area contributed by atoms with Crippen molar-refractivity contribution >= 4 is 25.0 Å². The highest BCUT2D eigenvalue weighted by atomic mass is 28.4. The quantitative estimate of drug-likeness (QED) is 0.249. The highest BCUT2D eigenvalue weighted by Gasteiger charge is 2.73. The van der Waals surface area contributed by atoms with E-state index in [0.29, 0.717) is 25.9 Å². The van der Waals surface area contributed by atoms with E-state index in [2.05, 4.69) is 45.0 Å². The van der Waals surface area contributed by atoms with Gasteiger partial charge in [-0.05, 0) is 49.5 Å². The lowest BCUT2D eigenvalue weighted by atomic mass is 9.98. The second-order valence-electron chi connectivity index (χ2n) is 15.7. The minimum absolute atomic E-state index is 0.0665. The molecule has 2 saturated carbocycles. The molecule has 0 unspecified atom stereocenters. The van der Waals surface area contributed by atoms with E-state index in [0.717, 1.165) is 0 Å². The summed E-state index contributed by atoms with van der Waals surface area (Å²) in [7, 11) is -2.76. The number of hydrogen-bond donors (Lipinski definition) is 0. The van der Waals surface area contributed by atoms with Gasteiger partial charge in [-0.25, -0.2) is 8.78 Å². The summed E-state index contributed by atoms with van der Waals surface area (Å²) in [6.07, 6.45) is 0.500. The lowest BCUT2D eigenvalue weighted by Crippen LogP contribution is -2.67. The molecule has 248 valence electrons. The van der Waals surface area contributed by atoms with Gasteiger partial charge in [-0.1, -0.05) is 95.3 Å². The van der Waals surface area contributed by atoms with Crippen LogP contribution in [-0.4, -0.2) is 69.5 Å². The Morgan fingerprint density at radius 1 is 0.778 bits per heavy atom. The molecule has 6 atom stereocenters. The number of alkyl halides is 2. The fourth-order valence-electron chi connectivity index (χ4n) is 7.19. The molecular weight excluding hydrogens is 594 g/mol. The molecule has 2 aliphatic carbocycles. The number of benzene rings is 2. The smallest absolute Gasteiger partial charge is 0.261 e. The molecule has 2 heterocycles. The fraction of sp³-hybridized carbons (Fsp3) is 0.639. The molecule has 2 aromatic carbocycles. The molecule has 6 nitrogen and oxygen atoms in total. The highest BCUT2D eigenvalue weighted by Crippen LogP contribution is 2.64. The zero-order valence-corrected chi connectivity index (χ0v) is 29.2. The van der Waals surface area contributed by atoms with Crippen LogP contribution >= 0.6 is 0 Å². The van der Waals surface area contributed by atoms with E-state index in [1.807, 2.05) is 57.2 Å². The molecule has 0 N–H and O–H groups in total. The Morgan fingerprint density at radius 3 is 1.58 bits per heavy atom. The van der Waals surface area contributed by atoms with Gasteiger partial charge in [0.2, 0.25) is 0 Å². The van der Waals surface area contributed by atoms with Gasteiger partial charge in [0.25, 0.3) is 8.32 Å². The number of rotatable bonds is 8. The molecule has 0 bridgehead atoms. The van der Waals surface area contributed by atoms with Crippen molar-refractivity contribution in [2.45, 2.75) is 115 Å². The zero-order chi connectivity index (χ0) is 33.2. The monoisotopic (exact) mass is 644 g/mol. The predicted octanol–water partition coefficient (Wildman–Crippen LogP) is 6.29. The Bertz CT molecular complexity index is 1330. The zero-order valence-electron chi connectivity index (χ0n) is 28.2. The van der Waals surface area contributed by atoms with E-state index in [-0.39, 0.29) is 30.3 Å². The first-order valence-corrected chi connectivity index (χ1v) is 17.9. The first kappa shape index (κ1) is 34.3. The maximum absolute atomic E-state index is 16.2. The third kappa shape index (κ3) is 6.09. The fourth-order valence-corrected chi connectivity index (χ4v) is 11.8. The molecule has 0 radical (unpaired) electrons. The number of aldehydes is 1. The summed E-state index contributed by atoms with van der Waals surface area (Å²) in [4.78, 5) is 10.6. The van der Waals surface area contributed by atoms with Crippen LogP contribution in [0.15, 0.2) is 60.7 Å². The van der Waals surface area contributed by atoms with Crippen molar-refractivity contribution in [3.05, 3.63) is 60.7 Å². The van der Waals surface area contributed by atoms with Crippen LogP contribution in [0.1, 0.15) is 75.2 Å². The lowest BCUT2D eigenvalue weighted by molar-refractivity contribution is -0.149. The van der Waals surface area contributed by atoms with Gasteiger partial charge in [-0.3, -0.25) is 4.79 Å². The summed E-state index contributed by atoms with van der Waals surface area (Å²) in [6, 6.07) is 20.8. The second-order valence-corrected chi connectivity index (χ2v) is 20.0. The molecule has 6 rings (SSSR count). The Morgan fingerprint density at radius 2 is 1.22 bits per heavy atom. The molecule has 2 aromatic rings. The van der Waals surface area contributed by atoms with Crippen molar-refractivity contribution in [3.8, 4) is 0 Å². The number of carbonyl (C=O) groups excluding carboxylic acids is 1. The Kier molecular flexibility index (Phi) is 8.62. The molecule has 0 spiro atoms. The minimum Gasteiger partial charge on any atom is -0.404 e. The topological polar surface area (TPSA) is 63.2 Å². The minimum atomic E-state index is -2.76. The van der Waals surface area contributed by atoms with Crippen molar-refractivity contribution in [1.29, 1.82) is 0 Å². The van der Waals surface area contributed by atoms with Gasteiger partial charge < -0.3 is 23.4 Å². The van der Waals surface area contributed by atoms with E-state index in [1.54, 1.807) is 20.8 Å². The summed E-state index contributed by atoms with van der Waals surface area (Å²) in [6.45, 7) is 18.6. The summed E-state index contributed by atoms with van der Waals surface area (Å²) >= 11 is 0. The van der Waals surface area contributed by atoms with Crippen LogP contribution in [0.5, 0.6) is 0 Å². The average Bonchev–Trinajstić information content (AvgIpc) is 3.52. The normalized spacial score (nSPS) is 36.6. The van der Waals surface area contributed by atoms with E-state index in [4.69, 9.17) is 23.4 Å². The van der Waals surface area contributed by atoms with Crippen molar-refractivity contribution in [2.75, 3.05) is 19.8 Å². The average molecular weight is 645 g/mol. The molecule has 2 aliphatic heterocycles. The molecule has 2 saturated heterocycles. The number of hydrogen-bond acceptors (Lipinski definition) is 6. The van der Waals surface area contributed by atoms with Crippen molar-refractivity contribution in [2.24, 2.45) is 10.8 Å². The molecule has 0 aromatic heterocycles. The van der Waals surface area contributed by atoms with Crippen LogP contribution in [0.25, 0.3) is 0 Å². The first-order chi connectivity index (χ1) is 20.8. The van der Waals surface area contributed by atoms with Crippen LogP contribution in [0.4, 0.5) is 8.78 Å². The van der Waals surface area contributed by atoms with Crippen LogP contribution in [0.3, 0.4) is 0 Å². The van der Waals surface area contributed by atoms with Gasteiger partial charge in [0.05, 0.1) is 32.0 Å². The summed E-state index contributed by atoms with van der Waals surface area (Å²) < 4.78 is 59.4. The predicted molar refractivity (Wildman–Crippen MR) is 173 cm³/mol. The van der Waals surface area contributed by atoms with Gasteiger partial charge in [0.15, 0.2) is 23.5 Å².